The van der Waals surface area contributed by atoms with E-state index in [2.05, 4.69) is 126 Å². The monoisotopic (exact) mass is 1130 g/mol. The molecule has 0 amide bonds. The Bertz CT molecular complexity index is 3680. The van der Waals surface area contributed by atoms with E-state index in [4.69, 9.17) is 0 Å². The summed E-state index contributed by atoms with van der Waals surface area (Å²) in [6.07, 6.45) is -2.68. The van der Waals surface area contributed by atoms with Gasteiger partial charge in [-0.1, -0.05) is 91.0 Å². The number of pyridine rings is 1. The lowest BCUT2D eigenvalue weighted by atomic mass is 9.12. The van der Waals surface area contributed by atoms with Gasteiger partial charge in [-0.05, 0) is 64.6 Å². The average molecular weight is 1130 g/mol. The number of fused-ring (bicyclic) bond motifs is 3. The summed E-state index contributed by atoms with van der Waals surface area (Å²) in [4.78, 5) is 0. The molecule has 0 saturated carbocycles. The number of para-hydroxylation sites is 1. The number of hydrogen-bond donors (Lipinski definition) is 0. The molecule has 0 aliphatic rings. The molecule has 1 nitrogen and oxygen atoms in total. The van der Waals surface area contributed by atoms with Gasteiger partial charge in [-0.25, -0.2) is 87.8 Å². The third-order valence-electron chi connectivity index (χ3n) is 13.9. The summed E-state index contributed by atoms with van der Waals surface area (Å²) in [6, 6.07) is 44.2. The third-order valence-corrected chi connectivity index (χ3v) is 13.9. The van der Waals surface area contributed by atoms with E-state index in [-0.39, 0.29) is 0 Å². The number of aryl methyl sites for hydroxylation is 2. The number of benzene rings is 9. The average Bonchev–Trinajstić information content (AvgIpc) is 3.13. The molecule has 10 aromatic rings. The summed E-state index contributed by atoms with van der Waals surface area (Å²) in [5.74, 6) is -71.4. The van der Waals surface area contributed by atoms with Crippen LogP contribution in [-0.2, 0) is 19.4 Å². The van der Waals surface area contributed by atoms with E-state index < -0.39 is 144 Å². The van der Waals surface area contributed by atoms with E-state index in [1.807, 2.05) is 0 Å². The van der Waals surface area contributed by atoms with Gasteiger partial charge in [-0.15, -0.1) is 21.9 Å². The number of unbranched alkanes of at least 4 members (excludes halogenated alkanes) is 1. The maximum Gasteiger partial charge on any atom is 0.212 e. The second kappa shape index (κ2) is 22.0. The van der Waals surface area contributed by atoms with Crippen molar-refractivity contribution >= 4 is 60.4 Å². The Labute approximate surface area is 438 Å². The summed E-state index contributed by atoms with van der Waals surface area (Å²) in [5.41, 5.74) is -8.76. The molecule has 410 valence electrons. The van der Waals surface area contributed by atoms with Gasteiger partial charge in [0.2, 0.25) is 5.52 Å². The molecule has 1 aromatic heterocycles. The van der Waals surface area contributed by atoms with Crippen molar-refractivity contribution in [1.82, 2.24) is 0 Å². The molecule has 0 saturated heterocycles. The van der Waals surface area contributed by atoms with Crippen molar-refractivity contribution in [3.05, 3.63) is 254 Å². The molecule has 1 heterocycles. The van der Waals surface area contributed by atoms with Gasteiger partial charge >= 0.3 is 0 Å². The van der Waals surface area contributed by atoms with Crippen LogP contribution >= 0.6 is 0 Å². The number of aromatic nitrogens is 1. The molecule has 0 aliphatic carbocycles. The van der Waals surface area contributed by atoms with E-state index in [0.29, 0.717) is 0 Å². The van der Waals surface area contributed by atoms with E-state index >= 15 is 35.1 Å². The first-order valence-electron chi connectivity index (χ1n) is 23.6. The Morgan fingerprint density at radius 1 is 0.287 bits per heavy atom. The van der Waals surface area contributed by atoms with Crippen molar-refractivity contribution in [2.75, 3.05) is 0 Å². The molecule has 0 aliphatic heterocycles. The molecule has 0 N–H and O–H groups in total. The first-order valence-corrected chi connectivity index (χ1v) is 23.6. The summed E-state index contributed by atoms with van der Waals surface area (Å²) < 4.78 is 296. The van der Waals surface area contributed by atoms with Crippen LogP contribution in [0.15, 0.2) is 121 Å². The Kier molecular flexibility index (Phi) is 15.5. The molecule has 0 spiro atoms. The standard InChI is InChI=1S/C34H30N.C24BF20/c1-2-12-26(13-3-1)25-35-30(23-22-27-14-6-11-21-34(27)35)17-7-10-20-33-31-18-8-4-15-28(31)24-29-16-5-9-19-32(29)33;26-5-1(6(27)14(35)21(42)13(5)34)25(2-7(28)15(36)22(43)16(37)8(2)29,3-9(30)17(38)23(44)18(39)10(3)31)4-11(32)19(40)24(45)20(41)12(4)33/h1-6,8-9,11-16,18-19,21-24H,7,10,17,20,25H2;/q+1;-1. The van der Waals surface area contributed by atoms with Crippen LogP contribution in [0.5, 0.6) is 0 Å². The zero-order chi connectivity index (χ0) is 57.8. The van der Waals surface area contributed by atoms with Crippen LogP contribution in [0.4, 0.5) is 87.8 Å². The molecule has 0 atom stereocenters. The SMILES string of the molecule is Fc1c(F)c(F)c([B-](c2c(F)c(F)c(F)c(F)c2F)(c2c(F)c(F)c(F)c(F)c2F)c2c(F)c(F)c(F)c(F)c2F)c(F)c1F.c1ccc(C[n+]2c(CCCCc3c4ccccc4cc4ccccc34)ccc3ccccc32)cc1. The van der Waals surface area contributed by atoms with Crippen LogP contribution in [0.25, 0.3) is 32.4 Å². The zero-order valence-corrected chi connectivity index (χ0v) is 40.2. The molecule has 80 heavy (non-hydrogen) atoms. The smallest absolute Gasteiger partial charge is 0.207 e. The molecule has 0 bridgehead atoms. The second-order valence-electron chi connectivity index (χ2n) is 18.3. The van der Waals surface area contributed by atoms with Gasteiger partial charge in [-0.2, -0.15) is 4.57 Å². The summed E-state index contributed by atoms with van der Waals surface area (Å²) >= 11 is 0. The summed E-state index contributed by atoms with van der Waals surface area (Å²) in [7, 11) is 0. The van der Waals surface area contributed by atoms with Crippen LogP contribution in [-0.4, -0.2) is 6.15 Å². The lowest BCUT2D eigenvalue weighted by Crippen LogP contribution is -2.81. The van der Waals surface area contributed by atoms with E-state index in [1.165, 1.54) is 62.1 Å². The maximum atomic E-state index is 15.4. The van der Waals surface area contributed by atoms with Crippen molar-refractivity contribution < 1.29 is 92.4 Å². The number of hydrogen-bond acceptors (Lipinski definition) is 0. The van der Waals surface area contributed by atoms with Crippen LogP contribution in [0, 0.1) is 116 Å². The van der Waals surface area contributed by atoms with E-state index in [9.17, 15) is 52.7 Å². The van der Waals surface area contributed by atoms with E-state index in [1.54, 1.807) is 0 Å². The highest BCUT2D eigenvalue weighted by Crippen LogP contribution is 2.33. The number of halogens is 20. The molecule has 0 fully saturated rings. The highest BCUT2D eigenvalue weighted by molar-refractivity contribution is 7.20. The Morgan fingerprint density at radius 2 is 0.600 bits per heavy atom. The van der Waals surface area contributed by atoms with Gasteiger partial charge in [0.25, 0.3) is 0 Å². The van der Waals surface area contributed by atoms with Crippen LogP contribution in [0.2, 0.25) is 0 Å². The highest BCUT2D eigenvalue weighted by atomic mass is 19.2. The maximum absolute atomic E-state index is 15.4. The molecular weight excluding hydrogens is 1100 g/mol. The lowest BCUT2D eigenvalue weighted by Gasteiger charge is -2.44. The summed E-state index contributed by atoms with van der Waals surface area (Å²) in [6.45, 7) is 0.908. The van der Waals surface area contributed by atoms with Gasteiger partial charge in [0.05, 0.1) is 0 Å². The largest absolute Gasteiger partial charge is 0.212 e. The second-order valence-corrected chi connectivity index (χ2v) is 18.3. The molecule has 22 heteroatoms. The van der Waals surface area contributed by atoms with Crippen LogP contribution in [0.3, 0.4) is 0 Å². The lowest BCUT2D eigenvalue weighted by molar-refractivity contribution is -0.670. The zero-order valence-electron chi connectivity index (χ0n) is 40.2. The van der Waals surface area contributed by atoms with Crippen molar-refractivity contribution in [2.24, 2.45) is 0 Å². The Hall–Kier alpha value is -8.43. The summed E-state index contributed by atoms with van der Waals surface area (Å²) in [5, 5.41) is 6.79. The number of rotatable bonds is 11. The first kappa shape index (κ1) is 56.3. The molecule has 0 radical (unpaired) electrons. The first-order chi connectivity index (χ1) is 38.1. The normalized spacial score (nSPS) is 11.8. The van der Waals surface area contributed by atoms with Crippen LogP contribution < -0.4 is 26.4 Å². The molecule has 9 aromatic carbocycles. The topological polar surface area (TPSA) is 3.88 Å². The quantitative estimate of drug-likeness (QED) is 0.0231. The third kappa shape index (κ3) is 9.20. The van der Waals surface area contributed by atoms with Crippen molar-refractivity contribution in [1.29, 1.82) is 0 Å². The fourth-order valence-corrected chi connectivity index (χ4v) is 10.3. The van der Waals surface area contributed by atoms with Crippen molar-refractivity contribution in [3.8, 4) is 0 Å². The number of nitrogens with zero attached hydrogens (tertiary/aromatic N) is 1. The van der Waals surface area contributed by atoms with Crippen LogP contribution in [0.1, 0.15) is 29.7 Å². The molecule has 10 rings (SSSR count). The molecule has 0 unspecified atom stereocenters. The van der Waals surface area contributed by atoms with Gasteiger partial charge in [-0.3, -0.25) is 0 Å². The minimum absolute atomic E-state index is 0.908. The fraction of sp³-hybridized carbons (Fsp3) is 0.0862. The van der Waals surface area contributed by atoms with E-state index in [0.717, 1.165) is 19.4 Å². The predicted octanol–water partition coefficient (Wildman–Crippen LogP) is 13.9. The Balaban J connectivity index is 0.000000199. The van der Waals surface area contributed by atoms with Crippen molar-refractivity contribution in [2.45, 2.75) is 32.2 Å². The molecular formula is C58H30BF20N. The fourth-order valence-electron chi connectivity index (χ4n) is 10.3. The van der Waals surface area contributed by atoms with Gasteiger partial charge in [0.1, 0.15) is 52.7 Å². The van der Waals surface area contributed by atoms with Gasteiger partial charge < -0.3 is 0 Å². The minimum Gasteiger partial charge on any atom is -0.207 e. The van der Waals surface area contributed by atoms with Crippen molar-refractivity contribution in [3.63, 3.8) is 0 Å². The highest BCUT2D eigenvalue weighted by Gasteiger charge is 2.52. The predicted molar refractivity (Wildman–Crippen MR) is 257 cm³/mol. The minimum atomic E-state index is -7.22. The Morgan fingerprint density at radius 3 is 0.988 bits per heavy atom. The van der Waals surface area contributed by atoms with Gasteiger partial charge in [0, 0.05) is 29.5 Å². The van der Waals surface area contributed by atoms with Gasteiger partial charge in [0.15, 0.2) is 82.0 Å².